The number of amides is 1. The molecule has 0 radical (unpaired) electrons. The van der Waals surface area contributed by atoms with Gasteiger partial charge in [0.1, 0.15) is 6.04 Å². The minimum atomic E-state index is -0.273. The van der Waals surface area contributed by atoms with E-state index in [1.54, 1.807) is 24.3 Å². The molecular formula is C20H20ClN3O. The number of rotatable bonds is 3. The van der Waals surface area contributed by atoms with Crippen LogP contribution in [0.2, 0.25) is 5.02 Å². The molecule has 0 aromatic heterocycles. The fourth-order valence-electron chi connectivity index (χ4n) is 3.23. The van der Waals surface area contributed by atoms with Crippen LogP contribution in [0.3, 0.4) is 0 Å². The molecule has 4 nitrogen and oxygen atoms in total. The lowest BCUT2D eigenvalue weighted by Gasteiger charge is -2.37. The molecule has 0 spiro atoms. The first-order valence-electron chi connectivity index (χ1n) is 8.34. The van der Waals surface area contributed by atoms with E-state index in [-0.39, 0.29) is 11.9 Å². The summed E-state index contributed by atoms with van der Waals surface area (Å²) < 4.78 is 0. The average Bonchev–Trinajstić information content (AvgIpc) is 2.64. The van der Waals surface area contributed by atoms with Gasteiger partial charge in [0.2, 0.25) is 0 Å². The van der Waals surface area contributed by atoms with E-state index < -0.39 is 0 Å². The Morgan fingerprint density at radius 3 is 2.48 bits per heavy atom. The third-order valence-electron chi connectivity index (χ3n) is 4.64. The zero-order chi connectivity index (χ0) is 17.8. The lowest BCUT2D eigenvalue weighted by molar-refractivity contribution is 0.0606. The van der Waals surface area contributed by atoms with Gasteiger partial charge in [-0.1, -0.05) is 41.9 Å². The number of nitrogens with zero attached hydrogens (tertiary/aromatic N) is 3. The number of halogens is 1. The van der Waals surface area contributed by atoms with E-state index in [4.69, 9.17) is 11.6 Å². The molecule has 1 amide bonds. The molecule has 0 saturated carbocycles. The highest BCUT2D eigenvalue weighted by molar-refractivity contribution is 6.30. The van der Waals surface area contributed by atoms with Gasteiger partial charge in [0.25, 0.3) is 5.91 Å². The number of benzene rings is 2. The van der Waals surface area contributed by atoms with E-state index in [0.29, 0.717) is 36.8 Å². The summed E-state index contributed by atoms with van der Waals surface area (Å²) in [5.41, 5.74) is 2.77. The quantitative estimate of drug-likeness (QED) is 0.845. The lowest BCUT2D eigenvalue weighted by Crippen LogP contribution is -2.49. The van der Waals surface area contributed by atoms with Crippen LogP contribution in [-0.4, -0.2) is 41.9 Å². The highest BCUT2D eigenvalue weighted by atomic mass is 35.5. The standard InChI is InChI=1S/C20H20ClN3O/c1-15-5-2-3-8-18(15)19(14-22)23-9-11-24(12-10-23)20(25)16-6-4-7-17(21)13-16/h2-8,13,19H,9-12H2,1H3. The van der Waals surface area contributed by atoms with Gasteiger partial charge >= 0.3 is 0 Å². The van der Waals surface area contributed by atoms with Gasteiger partial charge in [-0.3, -0.25) is 9.69 Å². The van der Waals surface area contributed by atoms with E-state index in [9.17, 15) is 10.1 Å². The predicted octanol–water partition coefficient (Wildman–Crippen LogP) is 3.67. The van der Waals surface area contributed by atoms with Gasteiger partial charge in [-0.25, -0.2) is 0 Å². The fourth-order valence-corrected chi connectivity index (χ4v) is 3.42. The largest absolute Gasteiger partial charge is 0.336 e. The van der Waals surface area contributed by atoms with Gasteiger partial charge < -0.3 is 4.90 Å². The number of carbonyl (C=O) groups is 1. The van der Waals surface area contributed by atoms with Crippen LogP contribution < -0.4 is 0 Å². The Kier molecular flexibility index (Phi) is 5.37. The minimum absolute atomic E-state index is 0.00782. The molecule has 1 saturated heterocycles. The molecule has 1 aliphatic rings. The van der Waals surface area contributed by atoms with Gasteiger partial charge in [0.05, 0.1) is 6.07 Å². The van der Waals surface area contributed by atoms with E-state index >= 15 is 0 Å². The Bertz CT molecular complexity index is 807. The van der Waals surface area contributed by atoms with Crippen molar-refractivity contribution >= 4 is 17.5 Å². The van der Waals surface area contributed by atoms with Crippen molar-refractivity contribution in [2.75, 3.05) is 26.2 Å². The summed E-state index contributed by atoms with van der Waals surface area (Å²) in [5, 5.41) is 10.2. The molecule has 1 aliphatic heterocycles. The molecule has 128 valence electrons. The van der Waals surface area contributed by atoms with Gasteiger partial charge in [-0.15, -0.1) is 0 Å². The van der Waals surface area contributed by atoms with Crippen molar-refractivity contribution in [2.45, 2.75) is 13.0 Å². The molecule has 0 N–H and O–H groups in total. The molecule has 1 atom stereocenters. The van der Waals surface area contributed by atoms with Crippen LogP contribution in [0.4, 0.5) is 0 Å². The number of piperazine rings is 1. The van der Waals surface area contributed by atoms with Gasteiger partial charge in [-0.2, -0.15) is 5.26 Å². The summed E-state index contributed by atoms with van der Waals surface area (Å²) in [6.45, 7) is 4.60. The first-order chi connectivity index (χ1) is 12.1. The van der Waals surface area contributed by atoms with Gasteiger partial charge in [0, 0.05) is 36.8 Å². The zero-order valence-corrected chi connectivity index (χ0v) is 14.9. The molecule has 1 fully saturated rings. The SMILES string of the molecule is Cc1ccccc1C(C#N)N1CCN(C(=O)c2cccc(Cl)c2)CC1. The monoisotopic (exact) mass is 353 g/mol. The number of carbonyl (C=O) groups excluding carboxylic acids is 1. The maximum absolute atomic E-state index is 12.6. The smallest absolute Gasteiger partial charge is 0.253 e. The molecule has 1 unspecified atom stereocenters. The Morgan fingerprint density at radius 1 is 1.12 bits per heavy atom. The van der Waals surface area contributed by atoms with Crippen molar-refractivity contribution in [2.24, 2.45) is 0 Å². The third-order valence-corrected chi connectivity index (χ3v) is 4.88. The van der Waals surface area contributed by atoms with Crippen LogP contribution in [0.5, 0.6) is 0 Å². The maximum atomic E-state index is 12.6. The summed E-state index contributed by atoms with van der Waals surface area (Å²) in [7, 11) is 0. The lowest BCUT2D eigenvalue weighted by atomic mass is 10.0. The third kappa shape index (κ3) is 3.84. The molecule has 1 heterocycles. The van der Waals surface area contributed by atoms with E-state index in [1.165, 1.54) is 0 Å². The molecule has 25 heavy (non-hydrogen) atoms. The van der Waals surface area contributed by atoms with Crippen LogP contribution in [0.25, 0.3) is 0 Å². The summed E-state index contributed by atoms with van der Waals surface area (Å²) in [6, 6.07) is 17.1. The first-order valence-corrected chi connectivity index (χ1v) is 8.72. The maximum Gasteiger partial charge on any atom is 0.253 e. The zero-order valence-electron chi connectivity index (χ0n) is 14.2. The Hall–Kier alpha value is -2.35. The van der Waals surface area contributed by atoms with Crippen molar-refractivity contribution in [1.29, 1.82) is 5.26 Å². The minimum Gasteiger partial charge on any atom is -0.336 e. The summed E-state index contributed by atoms with van der Waals surface area (Å²) in [4.78, 5) is 16.6. The number of aryl methyl sites for hydroxylation is 1. The topological polar surface area (TPSA) is 47.3 Å². The fraction of sp³-hybridized carbons (Fsp3) is 0.300. The second-order valence-corrected chi connectivity index (χ2v) is 6.66. The molecular weight excluding hydrogens is 334 g/mol. The van der Waals surface area contributed by atoms with Crippen molar-refractivity contribution in [3.05, 3.63) is 70.2 Å². The second-order valence-electron chi connectivity index (χ2n) is 6.23. The van der Waals surface area contributed by atoms with E-state index in [1.807, 2.05) is 36.1 Å². The van der Waals surface area contributed by atoms with Crippen LogP contribution in [0.15, 0.2) is 48.5 Å². The highest BCUT2D eigenvalue weighted by Gasteiger charge is 2.28. The van der Waals surface area contributed by atoms with Crippen LogP contribution >= 0.6 is 11.6 Å². The predicted molar refractivity (Wildman–Crippen MR) is 98.5 cm³/mol. The van der Waals surface area contributed by atoms with Crippen LogP contribution in [0.1, 0.15) is 27.5 Å². The van der Waals surface area contributed by atoms with Crippen molar-refractivity contribution in [3.8, 4) is 6.07 Å². The Labute approximate surface area is 153 Å². The molecule has 0 aliphatic carbocycles. The normalized spacial score (nSPS) is 16.3. The Balaban J connectivity index is 1.68. The molecule has 3 rings (SSSR count). The molecule has 5 heteroatoms. The first kappa shape index (κ1) is 17.5. The summed E-state index contributed by atoms with van der Waals surface area (Å²) in [6.07, 6.45) is 0. The van der Waals surface area contributed by atoms with E-state index in [2.05, 4.69) is 11.0 Å². The van der Waals surface area contributed by atoms with Crippen molar-refractivity contribution < 1.29 is 4.79 Å². The molecule has 2 aromatic carbocycles. The number of hydrogen-bond acceptors (Lipinski definition) is 3. The molecule has 2 aromatic rings. The Morgan fingerprint density at radius 2 is 1.84 bits per heavy atom. The van der Waals surface area contributed by atoms with Gasteiger partial charge in [-0.05, 0) is 36.2 Å². The highest BCUT2D eigenvalue weighted by Crippen LogP contribution is 2.25. The van der Waals surface area contributed by atoms with Crippen molar-refractivity contribution in [3.63, 3.8) is 0 Å². The number of hydrogen-bond donors (Lipinski definition) is 0. The van der Waals surface area contributed by atoms with Crippen LogP contribution in [0, 0.1) is 18.3 Å². The summed E-state index contributed by atoms with van der Waals surface area (Å²) in [5.74, 6) is -0.00782. The summed E-state index contributed by atoms with van der Waals surface area (Å²) >= 11 is 5.98. The van der Waals surface area contributed by atoms with E-state index in [0.717, 1.165) is 11.1 Å². The number of nitriles is 1. The second kappa shape index (κ2) is 7.69. The van der Waals surface area contributed by atoms with Gasteiger partial charge in [0.15, 0.2) is 0 Å². The molecule has 0 bridgehead atoms. The van der Waals surface area contributed by atoms with Crippen molar-refractivity contribution in [1.82, 2.24) is 9.80 Å². The average molecular weight is 354 g/mol. The van der Waals surface area contributed by atoms with Crippen LogP contribution in [-0.2, 0) is 0 Å².